The first-order chi connectivity index (χ1) is 6.42. The van der Waals surface area contributed by atoms with Gasteiger partial charge in [-0.1, -0.05) is 6.42 Å². The van der Waals surface area contributed by atoms with Crippen LogP contribution < -0.4 is 0 Å². The van der Waals surface area contributed by atoms with Crippen LogP contribution in [-0.2, 0) is 4.74 Å². The van der Waals surface area contributed by atoms with Gasteiger partial charge in [-0.05, 0) is 18.8 Å². The fourth-order valence-corrected chi connectivity index (χ4v) is 2.68. The van der Waals surface area contributed by atoms with Gasteiger partial charge in [-0.3, -0.25) is 4.90 Å². The maximum absolute atomic E-state index is 8.95. The first-order valence-corrected chi connectivity index (χ1v) is 5.34. The Kier molecular flexibility index (Phi) is 3.19. The minimum atomic E-state index is 0.281. The van der Waals surface area contributed by atoms with Crippen LogP contribution in [0.25, 0.3) is 0 Å². The molecule has 0 aromatic heterocycles. The lowest BCUT2D eigenvalue weighted by Gasteiger charge is -2.28. The third-order valence-corrected chi connectivity index (χ3v) is 3.33. The summed E-state index contributed by atoms with van der Waals surface area (Å²) in [4.78, 5) is 2.41. The number of aliphatic hydroxyl groups excluding tert-OH is 1. The number of ether oxygens (including phenoxy) is 1. The van der Waals surface area contributed by atoms with Crippen molar-refractivity contribution in [1.82, 2.24) is 4.90 Å². The highest BCUT2D eigenvalue weighted by molar-refractivity contribution is 4.86. The summed E-state index contributed by atoms with van der Waals surface area (Å²) in [7, 11) is 0. The Morgan fingerprint density at radius 2 is 2.31 bits per heavy atom. The van der Waals surface area contributed by atoms with Crippen LogP contribution in [0, 0.1) is 5.92 Å². The molecule has 1 aliphatic carbocycles. The normalized spacial score (nSPS) is 35.8. The van der Waals surface area contributed by atoms with Crippen molar-refractivity contribution in [3.05, 3.63) is 0 Å². The van der Waals surface area contributed by atoms with Gasteiger partial charge in [-0.2, -0.15) is 0 Å². The fourth-order valence-electron chi connectivity index (χ4n) is 2.68. The molecule has 3 heteroatoms. The van der Waals surface area contributed by atoms with Crippen molar-refractivity contribution in [3.8, 4) is 0 Å². The molecule has 0 spiro atoms. The number of hydrogen-bond acceptors (Lipinski definition) is 3. The SMILES string of the molecule is OCCN1CCOC[C@@H]2CCC[C@@H]21. The van der Waals surface area contributed by atoms with E-state index in [1.807, 2.05) is 0 Å². The average molecular weight is 185 g/mol. The van der Waals surface area contributed by atoms with Crippen molar-refractivity contribution in [2.45, 2.75) is 25.3 Å². The average Bonchev–Trinajstić information content (AvgIpc) is 2.52. The summed E-state index contributed by atoms with van der Waals surface area (Å²) in [6.07, 6.45) is 3.95. The van der Waals surface area contributed by atoms with E-state index in [0.717, 1.165) is 32.2 Å². The standard InChI is InChI=1S/C10H19NO2/c12-6-4-11-5-7-13-8-9-2-1-3-10(9)11/h9-10,12H,1-8H2/t9-,10-/m0/s1. The molecule has 13 heavy (non-hydrogen) atoms. The van der Waals surface area contributed by atoms with E-state index in [9.17, 15) is 0 Å². The zero-order valence-corrected chi connectivity index (χ0v) is 8.11. The molecular formula is C10H19NO2. The highest BCUT2D eigenvalue weighted by Crippen LogP contribution is 2.31. The fraction of sp³-hybridized carbons (Fsp3) is 1.00. The van der Waals surface area contributed by atoms with Crippen LogP contribution in [0.3, 0.4) is 0 Å². The molecule has 1 heterocycles. The van der Waals surface area contributed by atoms with E-state index in [0.29, 0.717) is 6.04 Å². The van der Waals surface area contributed by atoms with Crippen LogP contribution in [0.4, 0.5) is 0 Å². The molecule has 1 saturated carbocycles. The molecule has 0 unspecified atom stereocenters. The van der Waals surface area contributed by atoms with Gasteiger partial charge >= 0.3 is 0 Å². The molecule has 1 N–H and O–H groups in total. The van der Waals surface area contributed by atoms with Crippen molar-refractivity contribution in [3.63, 3.8) is 0 Å². The van der Waals surface area contributed by atoms with E-state index >= 15 is 0 Å². The van der Waals surface area contributed by atoms with E-state index in [1.165, 1.54) is 19.3 Å². The molecule has 0 radical (unpaired) electrons. The van der Waals surface area contributed by atoms with E-state index in [1.54, 1.807) is 0 Å². The molecule has 2 atom stereocenters. The minimum absolute atomic E-state index is 0.281. The number of hydrogen-bond donors (Lipinski definition) is 1. The van der Waals surface area contributed by atoms with Gasteiger partial charge in [-0.25, -0.2) is 0 Å². The van der Waals surface area contributed by atoms with Gasteiger partial charge in [0.05, 0.1) is 19.8 Å². The smallest absolute Gasteiger partial charge is 0.0593 e. The Labute approximate surface area is 79.7 Å². The third kappa shape index (κ3) is 2.03. The molecule has 1 aliphatic heterocycles. The maximum atomic E-state index is 8.95. The molecule has 3 nitrogen and oxygen atoms in total. The molecule has 0 aromatic carbocycles. The lowest BCUT2D eigenvalue weighted by Crippen LogP contribution is -2.39. The third-order valence-electron chi connectivity index (χ3n) is 3.33. The minimum Gasteiger partial charge on any atom is -0.395 e. The Hall–Kier alpha value is -0.120. The number of aliphatic hydroxyl groups is 1. The summed E-state index contributed by atoms with van der Waals surface area (Å²) in [6, 6.07) is 0.689. The second kappa shape index (κ2) is 4.40. The molecule has 2 aliphatic rings. The highest BCUT2D eigenvalue weighted by Gasteiger charge is 2.33. The second-order valence-electron chi connectivity index (χ2n) is 4.09. The largest absolute Gasteiger partial charge is 0.395 e. The van der Waals surface area contributed by atoms with E-state index in [2.05, 4.69) is 4.90 Å². The van der Waals surface area contributed by atoms with Crippen LogP contribution in [0.15, 0.2) is 0 Å². The molecule has 0 amide bonds. The zero-order chi connectivity index (χ0) is 9.10. The van der Waals surface area contributed by atoms with Crippen molar-refractivity contribution in [2.75, 3.05) is 32.9 Å². The number of rotatable bonds is 2. The van der Waals surface area contributed by atoms with Gasteiger partial charge in [0.1, 0.15) is 0 Å². The second-order valence-corrected chi connectivity index (χ2v) is 4.09. The Bertz CT molecular complexity index is 163. The van der Waals surface area contributed by atoms with Crippen LogP contribution in [0.5, 0.6) is 0 Å². The first-order valence-electron chi connectivity index (χ1n) is 5.34. The molecule has 0 aromatic rings. The Balaban J connectivity index is 1.98. The summed E-state index contributed by atoms with van der Waals surface area (Å²) in [5.41, 5.74) is 0. The predicted molar refractivity (Wildman–Crippen MR) is 50.6 cm³/mol. The summed E-state index contributed by atoms with van der Waals surface area (Å²) < 4.78 is 5.56. The zero-order valence-electron chi connectivity index (χ0n) is 8.11. The molecule has 76 valence electrons. The van der Waals surface area contributed by atoms with Gasteiger partial charge < -0.3 is 9.84 Å². The molecule has 1 saturated heterocycles. The number of fused-ring (bicyclic) bond motifs is 1. The topological polar surface area (TPSA) is 32.7 Å². The number of β-amino-alcohol motifs (C(OH)–C–C–N with tert-alkyl or cyclic N) is 1. The van der Waals surface area contributed by atoms with Gasteiger partial charge in [0.25, 0.3) is 0 Å². The lowest BCUT2D eigenvalue weighted by molar-refractivity contribution is 0.120. The predicted octanol–water partition coefficient (Wildman–Crippen LogP) is 0.480. The Morgan fingerprint density at radius 1 is 1.38 bits per heavy atom. The van der Waals surface area contributed by atoms with Crippen molar-refractivity contribution < 1.29 is 9.84 Å². The number of nitrogens with zero attached hydrogens (tertiary/aromatic N) is 1. The molecule has 0 bridgehead atoms. The van der Waals surface area contributed by atoms with Gasteiger partial charge in [0.2, 0.25) is 0 Å². The van der Waals surface area contributed by atoms with Gasteiger partial charge in [0, 0.05) is 19.1 Å². The summed E-state index contributed by atoms with van der Waals surface area (Å²) >= 11 is 0. The summed E-state index contributed by atoms with van der Waals surface area (Å²) in [6.45, 7) is 3.88. The quantitative estimate of drug-likeness (QED) is 0.679. The van der Waals surface area contributed by atoms with Crippen molar-refractivity contribution in [1.29, 1.82) is 0 Å². The van der Waals surface area contributed by atoms with Crippen molar-refractivity contribution >= 4 is 0 Å². The first kappa shape index (κ1) is 9.44. The van der Waals surface area contributed by atoms with Crippen LogP contribution in [0.1, 0.15) is 19.3 Å². The monoisotopic (exact) mass is 185 g/mol. The van der Waals surface area contributed by atoms with E-state index in [4.69, 9.17) is 9.84 Å². The molecule has 2 fully saturated rings. The van der Waals surface area contributed by atoms with Crippen molar-refractivity contribution in [2.24, 2.45) is 5.92 Å². The van der Waals surface area contributed by atoms with E-state index in [-0.39, 0.29) is 6.61 Å². The summed E-state index contributed by atoms with van der Waals surface area (Å²) in [5, 5.41) is 8.95. The van der Waals surface area contributed by atoms with Gasteiger partial charge in [0.15, 0.2) is 0 Å². The lowest BCUT2D eigenvalue weighted by atomic mass is 10.0. The molecular weight excluding hydrogens is 166 g/mol. The Morgan fingerprint density at radius 3 is 3.15 bits per heavy atom. The molecule has 2 rings (SSSR count). The van der Waals surface area contributed by atoms with Gasteiger partial charge in [-0.15, -0.1) is 0 Å². The van der Waals surface area contributed by atoms with Crippen LogP contribution in [-0.4, -0.2) is 49.0 Å². The van der Waals surface area contributed by atoms with Crippen LogP contribution >= 0.6 is 0 Å². The highest BCUT2D eigenvalue weighted by atomic mass is 16.5. The van der Waals surface area contributed by atoms with Crippen LogP contribution in [0.2, 0.25) is 0 Å². The maximum Gasteiger partial charge on any atom is 0.0593 e. The summed E-state index contributed by atoms with van der Waals surface area (Å²) in [5.74, 6) is 0.731. The van der Waals surface area contributed by atoms with E-state index < -0.39 is 0 Å².